The van der Waals surface area contributed by atoms with Crippen LogP contribution in [0.2, 0.25) is 0 Å². The molecule has 0 saturated heterocycles. The molecule has 0 aliphatic heterocycles. The van der Waals surface area contributed by atoms with Crippen molar-refractivity contribution in [2.45, 2.75) is 13.8 Å². The molecule has 1 rings (SSSR count). The Morgan fingerprint density at radius 3 is 2.33 bits per heavy atom. The van der Waals surface area contributed by atoms with Gasteiger partial charge in [-0.2, -0.15) is 0 Å². The van der Waals surface area contributed by atoms with Crippen LogP contribution in [0.15, 0.2) is 18.3 Å². The summed E-state index contributed by atoms with van der Waals surface area (Å²) in [5.74, 6) is 0. The Bertz CT molecular complexity index is 216. The number of pyridine rings is 1. The zero-order valence-corrected chi connectivity index (χ0v) is 6.18. The van der Waals surface area contributed by atoms with Gasteiger partial charge in [-0.1, -0.05) is 0 Å². The number of nitrogens with zero attached hydrogens (tertiary/aromatic N) is 1. The highest BCUT2D eigenvalue weighted by atomic mass is 14.9. The minimum absolute atomic E-state index is 1.29. The van der Waals surface area contributed by atoms with Crippen molar-refractivity contribution in [1.29, 1.82) is 0 Å². The van der Waals surface area contributed by atoms with Crippen LogP contribution in [-0.4, -0.2) is 0 Å². The van der Waals surface area contributed by atoms with E-state index in [9.17, 15) is 0 Å². The van der Waals surface area contributed by atoms with Gasteiger partial charge in [0.05, 0.1) is 0 Å². The molecule has 0 bridgehead atoms. The molecule has 0 aromatic carbocycles. The van der Waals surface area contributed by atoms with Gasteiger partial charge in [0.25, 0.3) is 0 Å². The first-order valence-electron chi connectivity index (χ1n) is 3.13. The summed E-state index contributed by atoms with van der Waals surface area (Å²) in [6.07, 6.45) is 2.12. The lowest BCUT2D eigenvalue weighted by molar-refractivity contribution is -0.678. The van der Waals surface area contributed by atoms with Crippen LogP contribution < -0.4 is 4.57 Å². The number of hydrogen-bond acceptors (Lipinski definition) is 0. The molecule has 9 heavy (non-hydrogen) atoms. The molecule has 0 spiro atoms. The predicted molar refractivity (Wildman–Crippen MR) is 37.1 cm³/mol. The molecular weight excluding hydrogens is 110 g/mol. The average molecular weight is 122 g/mol. The second kappa shape index (κ2) is 2.18. The topological polar surface area (TPSA) is 3.88 Å². The van der Waals surface area contributed by atoms with Gasteiger partial charge in [0.2, 0.25) is 0 Å². The first-order chi connectivity index (χ1) is 4.20. The molecule has 1 nitrogen and oxygen atoms in total. The molecule has 0 saturated carbocycles. The molecule has 1 heterocycles. The minimum Gasteiger partial charge on any atom is -0.205 e. The zero-order chi connectivity index (χ0) is 6.85. The standard InChI is InChI=1S/C8H12N/c1-7-4-5-8(2)9(3)6-7/h4-6H,1-3H3/q+1. The highest BCUT2D eigenvalue weighted by molar-refractivity contribution is 5.05. The van der Waals surface area contributed by atoms with Crippen molar-refractivity contribution in [3.63, 3.8) is 0 Å². The lowest BCUT2D eigenvalue weighted by atomic mass is 10.3. The Hall–Kier alpha value is -0.850. The van der Waals surface area contributed by atoms with Crippen molar-refractivity contribution < 1.29 is 4.57 Å². The number of hydrogen-bond donors (Lipinski definition) is 0. The molecule has 0 aliphatic carbocycles. The van der Waals surface area contributed by atoms with E-state index in [1.807, 2.05) is 0 Å². The molecular formula is C8H12N+. The Morgan fingerprint density at radius 2 is 1.89 bits per heavy atom. The third-order valence-corrected chi connectivity index (χ3v) is 1.54. The van der Waals surface area contributed by atoms with Crippen LogP contribution in [-0.2, 0) is 7.05 Å². The van der Waals surface area contributed by atoms with Crippen molar-refractivity contribution in [3.05, 3.63) is 29.6 Å². The van der Waals surface area contributed by atoms with Crippen LogP contribution in [0.5, 0.6) is 0 Å². The summed E-state index contributed by atoms with van der Waals surface area (Å²) in [6.45, 7) is 4.19. The third kappa shape index (κ3) is 1.28. The molecule has 0 unspecified atom stereocenters. The van der Waals surface area contributed by atoms with Gasteiger partial charge in [0.1, 0.15) is 7.05 Å². The molecule has 0 aliphatic rings. The van der Waals surface area contributed by atoms with E-state index in [4.69, 9.17) is 0 Å². The fourth-order valence-electron chi connectivity index (χ4n) is 0.820. The molecule has 0 radical (unpaired) electrons. The molecule has 1 aromatic heterocycles. The van der Waals surface area contributed by atoms with Crippen LogP contribution in [0, 0.1) is 13.8 Å². The largest absolute Gasteiger partial charge is 0.205 e. The van der Waals surface area contributed by atoms with E-state index in [1.54, 1.807) is 0 Å². The number of aryl methyl sites for hydroxylation is 3. The third-order valence-electron chi connectivity index (χ3n) is 1.54. The van der Waals surface area contributed by atoms with Gasteiger partial charge in [-0.3, -0.25) is 0 Å². The normalized spacial score (nSPS) is 9.67. The van der Waals surface area contributed by atoms with Gasteiger partial charge < -0.3 is 0 Å². The summed E-state index contributed by atoms with van der Waals surface area (Å²) in [5, 5.41) is 0. The minimum atomic E-state index is 1.29. The molecule has 0 N–H and O–H groups in total. The SMILES string of the molecule is Cc1ccc(C)[n+](C)c1. The fourth-order valence-corrected chi connectivity index (χ4v) is 0.820. The first kappa shape index (κ1) is 6.27. The lowest BCUT2D eigenvalue weighted by Crippen LogP contribution is -2.31. The fraction of sp³-hybridized carbons (Fsp3) is 0.375. The maximum absolute atomic E-state index is 2.12. The van der Waals surface area contributed by atoms with Crippen molar-refractivity contribution in [2.75, 3.05) is 0 Å². The molecule has 1 heteroatoms. The molecule has 0 amide bonds. The number of aromatic nitrogens is 1. The van der Waals surface area contributed by atoms with Gasteiger partial charge in [-0.15, -0.1) is 0 Å². The maximum atomic E-state index is 2.12. The van der Waals surface area contributed by atoms with Crippen LogP contribution >= 0.6 is 0 Å². The van der Waals surface area contributed by atoms with Crippen molar-refractivity contribution in [2.24, 2.45) is 7.05 Å². The Balaban J connectivity index is 3.17. The van der Waals surface area contributed by atoms with Gasteiger partial charge >= 0.3 is 0 Å². The highest BCUT2D eigenvalue weighted by Gasteiger charge is 1.96. The Labute approximate surface area is 56.0 Å². The van der Waals surface area contributed by atoms with Crippen LogP contribution in [0.25, 0.3) is 0 Å². The zero-order valence-electron chi connectivity index (χ0n) is 6.18. The van der Waals surface area contributed by atoms with Crippen LogP contribution in [0.3, 0.4) is 0 Å². The predicted octanol–water partition coefficient (Wildman–Crippen LogP) is 1.13. The summed E-state index contributed by atoms with van der Waals surface area (Å²) < 4.78 is 2.12. The van der Waals surface area contributed by atoms with Gasteiger partial charge in [-0.25, -0.2) is 4.57 Å². The van der Waals surface area contributed by atoms with E-state index < -0.39 is 0 Å². The van der Waals surface area contributed by atoms with E-state index in [0.717, 1.165) is 0 Å². The molecule has 48 valence electrons. The smallest absolute Gasteiger partial charge is 0.177 e. The van der Waals surface area contributed by atoms with E-state index in [1.165, 1.54) is 11.3 Å². The van der Waals surface area contributed by atoms with E-state index in [-0.39, 0.29) is 0 Å². The number of rotatable bonds is 0. The van der Waals surface area contributed by atoms with E-state index in [0.29, 0.717) is 0 Å². The van der Waals surface area contributed by atoms with Crippen molar-refractivity contribution >= 4 is 0 Å². The second-order valence-corrected chi connectivity index (χ2v) is 2.46. The summed E-state index contributed by atoms with van der Waals surface area (Å²) in [7, 11) is 2.06. The van der Waals surface area contributed by atoms with Gasteiger partial charge in [-0.05, 0) is 13.0 Å². The lowest BCUT2D eigenvalue weighted by Gasteiger charge is -1.92. The van der Waals surface area contributed by atoms with Gasteiger partial charge in [0, 0.05) is 18.6 Å². The summed E-state index contributed by atoms with van der Waals surface area (Å²) in [6, 6.07) is 4.24. The Morgan fingerprint density at radius 1 is 1.22 bits per heavy atom. The quantitative estimate of drug-likeness (QED) is 0.454. The molecule has 1 aromatic rings. The Kier molecular flexibility index (Phi) is 1.52. The van der Waals surface area contributed by atoms with Crippen molar-refractivity contribution in [1.82, 2.24) is 0 Å². The highest BCUT2D eigenvalue weighted by Crippen LogP contribution is 1.92. The summed E-state index contributed by atoms with van der Waals surface area (Å²) in [4.78, 5) is 0. The van der Waals surface area contributed by atoms with Gasteiger partial charge in [0.15, 0.2) is 11.9 Å². The maximum Gasteiger partial charge on any atom is 0.177 e. The monoisotopic (exact) mass is 122 g/mol. The van der Waals surface area contributed by atoms with E-state index in [2.05, 4.69) is 43.8 Å². The van der Waals surface area contributed by atoms with Crippen LogP contribution in [0.4, 0.5) is 0 Å². The van der Waals surface area contributed by atoms with Crippen LogP contribution in [0.1, 0.15) is 11.3 Å². The first-order valence-corrected chi connectivity index (χ1v) is 3.13. The molecule has 0 atom stereocenters. The summed E-state index contributed by atoms with van der Waals surface area (Å²) >= 11 is 0. The molecule has 0 fully saturated rings. The van der Waals surface area contributed by atoms with Crippen molar-refractivity contribution in [3.8, 4) is 0 Å². The average Bonchev–Trinajstić information content (AvgIpc) is 1.80. The van der Waals surface area contributed by atoms with E-state index >= 15 is 0 Å². The summed E-state index contributed by atoms with van der Waals surface area (Å²) in [5.41, 5.74) is 2.60. The second-order valence-electron chi connectivity index (χ2n) is 2.46.